The largest absolute Gasteiger partial charge is 0.463 e. The summed E-state index contributed by atoms with van der Waals surface area (Å²) >= 11 is 1.55. The zero-order valence-corrected chi connectivity index (χ0v) is 25.3. The number of esters is 4. The number of thiophene rings is 1. The minimum absolute atomic E-state index is 0.304. The van der Waals surface area contributed by atoms with E-state index in [1.54, 1.807) is 23.5 Å². The van der Waals surface area contributed by atoms with Crippen LogP contribution in [0.1, 0.15) is 55.4 Å². The molecule has 1 saturated heterocycles. The molecular formula is C32H33FO9S. The lowest BCUT2D eigenvalue weighted by Gasteiger charge is -2.45. The van der Waals surface area contributed by atoms with E-state index in [1.807, 2.05) is 37.3 Å². The number of carbonyl (C=O) groups is 4. The number of halogens is 1. The maximum atomic E-state index is 13.4. The highest BCUT2D eigenvalue weighted by Crippen LogP contribution is 2.40. The Hall–Kier alpha value is -4.09. The molecule has 2 aromatic carbocycles. The Morgan fingerprint density at radius 1 is 0.791 bits per heavy atom. The Morgan fingerprint density at radius 3 is 2.05 bits per heavy atom. The van der Waals surface area contributed by atoms with Crippen molar-refractivity contribution in [3.05, 3.63) is 82.0 Å². The molecule has 0 N–H and O–H groups in total. The quantitative estimate of drug-likeness (QED) is 0.236. The van der Waals surface area contributed by atoms with Crippen LogP contribution in [0.4, 0.5) is 4.39 Å². The Balaban J connectivity index is 1.76. The van der Waals surface area contributed by atoms with Crippen LogP contribution in [-0.2, 0) is 49.3 Å². The molecule has 0 radical (unpaired) electrons. The van der Waals surface area contributed by atoms with Crippen molar-refractivity contribution in [3.8, 4) is 10.4 Å². The topological polar surface area (TPSA) is 114 Å². The van der Waals surface area contributed by atoms with Crippen molar-refractivity contribution < 1.29 is 47.3 Å². The maximum Gasteiger partial charge on any atom is 0.303 e. The summed E-state index contributed by atoms with van der Waals surface area (Å²) in [6, 6.07) is 15.9. The van der Waals surface area contributed by atoms with Crippen LogP contribution in [0.2, 0.25) is 0 Å². The number of aryl methyl sites for hydroxylation is 1. The van der Waals surface area contributed by atoms with E-state index in [1.165, 1.54) is 39.8 Å². The normalized spacial score (nSPS) is 21.5. The van der Waals surface area contributed by atoms with E-state index >= 15 is 0 Å². The number of carbonyl (C=O) groups excluding carboxylic acids is 4. The third-order valence-electron chi connectivity index (χ3n) is 6.75. The minimum atomic E-state index is -1.26. The molecule has 0 amide bonds. The van der Waals surface area contributed by atoms with Gasteiger partial charge in [0.25, 0.3) is 0 Å². The van der Waals surface area contributed by atoms with Crippen LogP contribution in [0.5, 0.6) is 0 Å². The van der Waals surface area contributed by atoms with Gasteiger partial charge in [-0.1, -0.05) is 35.9 Å². The van der Waals surface area contributed by atoms with Crippen molar-refractivity contribution in [2.45, 2.75) is 71.6 Å². The van der Waals surface area contributed by atoms with Gasteiger partial charge in [0, 0.05) is 43.9 Å². The standard InChI is InChI=1S/C32H33FO9S/c1-17-6-12-26(23(14-17)15-25-11-13-28(43-25)22-7-9-24(33)10-8-22)29-31(40-20(4)36)32(41-21(5)37)30(39-19(3)35)27(42-29)16-38-18(2)34/h6-14,27,29-32H,15-16H2,1-5H3/t27-,29+,30-,31+,32+/m1/s1. The van der Waals surface area contributed by atoms with Gasteiger partial charge < -0.3 is 23.7 Å². The van der Waals surface area contributed by atoms with Gasteiger partial charge in [-0.25, -0.2) is 4.39 Å². The average molecular weight is 613 g/mol. The van der Waals surface area contributed by atoms with Gasteiger partial charge >= 0.3 is 23.9 Å². The summed E-state index contributed by atoms with van der Waals surface area (Å²) in [6.07, 6.45) is -5.23. The smallest absolute Gasteiger partial charge is 0.303 e. The molecule has 9 nitrogen and oxygen atoms in total. The van der Waals surface area contributed by atoms with E-state index in [0.29, 0.717) is 12.0 Å². The summed E-state index contributed by atoms with van der Waals surface area (Å²) in [5.74, 6) is -2.94. The van der Waals surface area contributed by atoms with E-state index < -0.39 is 54.4 Å². The van der Waals surface area contributed by atoms with Crippen LogP contribution in [-0.4, -0.2) is 54.9 Å². The van der Waals surface area contributed by atoms with E-state index in [2.05, 4.69) is 0 Å². The van der Waals surface area contributed by atoms with Crippen LogP contribution < -0.4 is 0 Å². The summed E-state index contributed by atoms with van der Waals surface area (Å²) < 4.78 is 41.9. The molecule has 5 atom stereocenters. The summed E-state index contributed by atoms with van der Waals surface area (Å²) in [7, 11) is 0. The summed E-state index contributed by atoms with van der Waals surface area (Å²) in [6.45, 7) is 6.45. The predicted octanol–water partition coefficient (Wildman–Crippen LogP) is 5.25. The van der Waals surface area contributed by atoms with Crippen LogP contribution in [0.3, 0.4) is 0 Å². The number of hydrogen-bond donors (Lipinski definition) is 0. The molecular weight excluding hydrogens is 579 g/mol. The highest BCUT2D eigenvalue weighted by atomic mass is 32.1. The Kier molecular flexibility index (Phi) is 10.3. The Bertz CT molecular complexity index is 1480. The monoisotopic (exact) mass is 612 g/mol. The van der Waals surface area contributed by atoms with Gasteiger partial charge in [-0.3, -0.25) is 19.2 Å². The number of rotatable bonds is 9. The lowest BCUT2D eigenvalue weighted by molar-refractivity contribution is -0.254. The first-order chi connectivity index (χ1) is 20.4. The van der Waals surface area contributed by atoms with Gasteiger partial charge in [-0.15, -0.1) is 11.3 Å². The Morgan fingerprint density at radius 2 is 1.42 bits per heavy atom. The highest BCUT2D eigenvalue weighted by molar-refractivity contribution is 7.15. The first-order valence-corrected chi connectivity index (χ1v) is 14.5. The van der Waals surface area contributed by atoms with E-state index in [9.17, 15) is 23.6 Å². The van der Waals surface area contributed by atoms with Crippen LogP contribution in [0.25, 0.3) is 10.4 Å². The molecule has 0 aliphatic carbocycles. The third-order valence-corrected chi connectivity index (χ3v) is 7.89. The van der Waals surface area contributed by atoms with Gasteiger partial charge in [-0.2, -0.15) is 0 Å². The SMILES string of the molecule is CC(=O)OC[C@H]1O[C@@H](c2ccc(C)cc2Cc2ccc(-c3ccc(F)cc3)s2)[C@H](OC(C)=O)[C@@H](OC(C)=O)[C@@H]1OC(C)=O. The molecule has 1 aliphatic rings. The molecule has 0 saturated carbocycles. The lowest BCUT2D eigenvalue weighted by atomic mass is 9.87. The molecule has 1 aromatic heterocycles. The van der Waals surface area contributed by atoms with Crippen LogP contribution >= 0.6 is 11.3 Å². The maximum absolute atomic E-state index is 13.4. The fourth-order valence-corrected chi connectivity index (χ4v) is 6.11. The van der Waals surface area contributed by atoms with E-state index in [4.69, 9.17) is 23.7 Å². The van der Waals surface area contributed by atoms with Crippen molar-refractivity contribution >= 4 is 35.2 Å². The summed E-state index contributed by atoms with van der Waals surface area (Å²) in [5, 5.41) is 0. The van der Waals surface area contributed by atoms with Gasteiger partial charge in [0.15, 0.2) is 18.3 Å². The molecule has 11 heteroatoms. The zero-order valence-electron chi connectivity index (χ0n) is 24.5. The van der Waals surface area contributed by atoms with Gasteiger partial charge in [0.05, 0.1) is 0 Å². The fourth-order valence-electron chi connectivity index (χ4n) is 5.07. The molecule has 0 bridgehead atoms. The predicted molar refractivity (Wildman–Crippen MR) is 155 cm³/mol. The molecule has 4 rings (SSSR count). The highest BCUT2D eigenvalue weighted by Gasteiger charge is 2.52. The number of hydrogen-bond acceptors (Lipinski definition) is 10. The number of ether oxygens (including phenoxy) is 5. The number of benzene rings is 2. The van der Waals surface area contributed by atoms with Crippen molar-refractivity contribution in [2.24, 2.45) is 0 Å². The molecule has 3 aromatic rings. The third kappa shape index (κ3) is 8.26. The molecule has 0 spiro atoms. The second kappa shape index (κ2) is 13.9. The van der Waals surface area contributed by atoms with Crippen LogP contribution in [0.15, 0.2) is 54.6 Å². The van der Waals surface area contributed by atoms with Crippen molar-refractivity contribution in [1.82, 2.24) is 0 Å². The second-order valence-electron chi connectivity index (χ2n) is 10.3. The molecule has 0 unspecified atom stereocenters. The first kappa shape index (κ1) is 31.8. The van der Waals surface area contributed by atoms with Gasteiger partial charge in [0.1, 0.15) is 24.6 Å². The summed E-state index contributed by atoms with van der Waals surface area (Å²) in [5.41, 5.74) is 3.37. The Labute approximate surface area is 252 Å². The second-order valence-corrected chi connectivity index (χ2v) is 11.4. The minimum Gasteiger partial charge on any atom is -0.463 e. The summed E-state index contributed by atoms with van der Waals surface area (Å²) in [4.78, 5) is 50.3. The van der Waals surface area contributed by atoms with E-state index in [0.717, 1.165) is 26.4 Å². The molecule has 1 aliphatic heterocycles. The zero-order chi connectivity index (χ0) is 31.3. The van der Waals surface area contributed by atoms with Gasteiger partial charge in [-0.05, 0) is 47.9 Å². The van der Waals surface area contributed by atoms with Crippen molar-refractivity contribution in [2.75, 3.05) is 6.61 Å². The van der Waals surface area contributed by atoms with Gasteiger partial charge in [0.2, 0.25) is 0 Å². The molecule has 43 heavy (non-hydrogen) atoms. The van der Waals surface area contributed by atoms with Crippen molar-refractivity contribution in [1.29, 1.82) is 0 Å². The lowest BCUT2D eigenvalue weighted by Crippen LogP contribution is -2.59. The molecule has 2 heterocycles. The molecule has 228 valence electrons. The van der Waals surface area contributed by atoms with E-state index in [-0.39, 0.29) is 12.4 Å². The van der Waals surface area contributed by atoms with Crippen LogP contribution in [0, 0.1) is 12.7 Å². The first-order valence-electron chi connectivity index (χ1n) is 13.7. The average Bonchev–Trinajstić information content (AvgIpc) is 3.38. The molecule has 1 fully saturated rings. The fraction of sp³-hybridized carbons (Fsp3) is 0.375. The van der Waals surface area contributed by atoms with Crippen molar-refractivity contribution in [3.63, 3.8) is 0 Å².